The van der Waals surface area contributed by atoms with Crippen molar-refractivity contribution in [3.63, 3.8) is 0 Å². The van der Waals surface area contributed by atoms with Crippen LogP contribution in [0.3, 0.4) is 0 Å². The number of aliphatic hydroxyl groups excluding tert-OH is 1. The standard InChI is InChI=1S/C21H29N3O4S/c1-22-8-10-24(2,11-9-22)13-14-3-5-15(6-4-14)18-17(21(27)28)23-19(26)16(7-12-25)20(23)29-18/h3-6,16-18,20,25H,7-13H2,1-2H3/t16-,17?,18?,20+/m0/s1. The first kappa shape index (κ1) is 20.7. The number of amides is 1. The first-order valence-electron chi connectivity index (χ1n) is 10.2. The first-order chi connectivity index (χ1) is 13.8. The molecule has 7 nitrogen and oxygen atoms in total. The van der Waals surface area contributed by atoms with Crippen LogP contribution in [0.4, 0.5) is 0 Å². The third-order valence-electron chi connectivity index (χ3n) is 6.66. The van der Waals surface area contributed by atoms with Crippen molar-refractivity contribution >= 4 is 23.6 Å². The molecule has 29 heavy (non-hydrogen) atoms. The largest absolute Gasteiger partial charge is 0.548 e. The summed E-state index contributed by atoms with van der Waals surface area (Å²) < 4.78 is 1.01. The van der Waals surface area contributed by atoms with Crippen LogP contribution in [0.1, 0.15) is 22.8 Å². The molecule has 3 fully saturated rings. The number of carboxylic acids is 1. The minimum absolute atomic E-state index is 0.0660. The van der Waals surface area contributed by atoms with Crippen LogP contribution < -0.4 is 5.11 Å². The highest BCUT2D eigenvalue weighted by Gasteiger charge is 2.58. The number of piperazine rings is 1. The van der Waals surface area contributed by atoms with Gasteiger partial charge >= 0.3 is 0 Å². The summed E-state index contributed by atoms with van der Waals surface area (Å²) in [6, 6.07) is 7.24. The fourth-order valence-corrected chi connectivity index (χ4v) is 6.55. The maximum atomic E-state index is 12.4. The van der Waals surface area contributed by atoms with E-state index < -0.39 is 12.0 Å². The normalized spacial score (nSPS) is 31.4. The number of carbonyl (C=O) groups is 2. The van der Waals surface area contributed by atoms with Crippen molar-refractivity contribution in [2.75, 3.05) is 46.9 Å². The smallest absolute Gasteiger partial charge is 0.230 e. The number of hydrogen-bond donors (Lipinski definition) is 1. The molecule has 0 spiro atoms. The molecular formula is C21H29N3O4S. The molecule has 0 radical (unpaired) electrons. The maximum absolute atomic E-state index is 12.4. The number of rotatable bonds is 6. The van der Waals surface area contributed by atoms with Crippen LogP contribution in [0.5, 0.6) is 0 Å². The Bertz CT molecular complexity index is 779. The predicted octanol–water partition coefficient (Wildman–Crippen LogP) is -0.348. The maximum Gasteiger partial charge on any atom is 0.230 e. The Kier molecular flexibility index (Phi) is 5.63. The second-order valence-electron chi connectivity index (χ2n) is 8.85. The topological polar surface area (TPSA) is 83.9 Å². The summed E-state index contributed by atoms with van der Waals surface area (Å²) in [5.41, 5.74) is 2.16. The van der Waals surface area contributed by atoms with Crippen molar-refractivity contribution in [1.82, 2.24) is 9.80 Å². The number of quaternary nitrogens is 1. The summed E-state index contributed by atoms with van der Waals surface area (Å²) in [7, 11) is 4.45. The van der Waals surface area contributed by atoms with Crippen LogP contribution in [0.25, 0.3) is 0 Å². The fraction of sp³-hybridized carbons (Fsp3) is 0.619. The molecule has 3 aliphatic heterocycles. The quantitative estimate of drug-likeness (QED) is 0.501. The highest BCUT2D eigenvalue weighted by Crippen LogP contribution is 2.54. The van der Waals surface area contributed by atoms with Gasteiger partial charge in [0, 0.05) is 25.3 Å². The van der Waals surface area contributed by atoms with Gasteiger partial charge in [-0.1, -0.05) is 24.3 Å². The molecule has 3 aliphatic rings. The number of aliphatic carboxylic acids is 1. The van der Waals surface area contributed by atoms with E-state index in [1.54, 1.807) is 0 Å². The van der Waals surface area contributed by atoms with Gasteiger partial charge in [-0.05, 0) is 19.0 Å². The summed E-state index contributed by atoms with van der Waals surface area (Å²) in [5, 5.41) is 20.5. The lowest BCUT2D eigenvalue weighted by atomic mass is 9.91. The van der Waals surface area contributed by atoms with Gasteiger partial charge in [-0.25, -0.2) is 0 Å². The van der Waals surface area contributed by atoms with E-state index >= 15 is 0 Å². The van der Waals surface area contributed by atoms with E-state index in [4.69, 9.17) is 0 Å². The molecule has 1 amide bonds. The lowest BCUT2D eigenvalue weighted by Crippen LogP contribution is -2.63. The molecule has 1 aromatic carbocycles. The number of nitrogens with zero attached hydrogens (tertiary/aromatic N) is 3. The molecule has 0 aliphatic carbocycles. The Labute approximate surface area is 175 Å². The van der Waals surface area contributed by atoms with Gasteiger partial charge in [0.25, 0.3) is 0 Å². The van der Waals surface area contributed by atoms with Crippen molar-refractivity contribution in [2.45, 2.75) is 29.6 Å². The van der Waals surface area contributed by atoms with E-state index in [1.165, 1.54) is 22.2 Å². The zero-order chi connectivity index (χ0) is 20.8. The van der Waals surface area contributed by atoms with Gasteiger partial charge in [0.1, 0.15) is 6.54 Å². The van der Waals surface area contributed by atoms with E-state index in [9.17, 15) is 19.8 Å². The van der Waals surface area contributed by atoms with Gasteiger partial charge in [-0.15, -0.1) is 11.8 Å². The van der Waals surface area contributed by atoms with Crippen molar-refractivity contribution in [3.8, 4) is 0 Å². The summed E-state index contributed by atoms with van der Waals surface area (Å²) in [6.07, 6.45) is 0.379. The molecule has 158 valence electrons. The highest BCUT2D eigenvalue weighted by molar-refractivity contribution is 8.00. The van der Waals surface area contributed by atoms with Gasteiger partial charge in [0.05, 0.1) is 48.7 Å². The molecule has 1 aromatic rings. The zero-order valence-corrected chi connectivity index (χ0v) is 17.8. The Hall–Kier alpha value is -1.61. The molecule has 4 rings (SSSR count). The average Bonchev–Trinajstić information content (AvgIpc) is 3.05. The van der Waals surface area contributed by atoms with Crippen LogP contribution >= 0.6 is 11.8 Å². The van der Waals surface area contributed by atoms with E-state index in [1.807, 2.05) is 12.1 Å². The number of benzene rings is 1. The van der Waals surface area contributed by atoms with Crippen LogP contribution in [0.2, 0.25) is 0 Å². The zero-order valence-electron chi connectivity index (χ0n) is 17.0. The van der Waals surface area contributed by atoms with E-state index in [0.717, 1.165) is 42.8 Å². The SMILES string of the molecule is CN1CC[N+](C)(Cc2ccc(C3S[C@@H]4[C@@H](CCO)C(=O)N4C3C(=O)[O-])cc2)CC1. The minimum atomic E-state index is -1.21. The molecule has 8 heteroatoms. The molecular weight excluding hydrogens is 390 g/mol. The summed E-state index contributed by atoms with van der Waals surface area (Å²) >= 11 is 1.51. The van der Waals surface area contributed by atoms with E-state index in [2.05, 4.69) is 31.1 Å². The number of hydrogen-bond acceptors (Lipinski definition) is 6. The summed E-state index contributed by atoms with van der Waals surface area (Å²) in [5.74, 6) is -1.68. The number of carboxylic acid groups (broad SMARTS) is 1. The van der Waals surface area contributed by atoms with Gasteiger partial charge in [0.2, 0.25) is 5.91 Å². The molecule has 0 aromatic heterocycles. The lowest BCUT2D eigenvalue weighted by Gasteiger charge is -2.44. The number of aliphatic hydroxyl groups is 1. The van der Waals surface area contributed by atoms with Crippen molar-refractivity contribution < 1.29 is 24.3 Å². The van der Waals surface area contributed by atoms with Crippen LogP contribution in [-0.2, 0) is 16.1 Å². The number of carbonyl (C=O) groups excluding carboxylic acids is 2. The van der Waals surface area contributed by atoms with Crippen LogP contribution in [-0.4, -0.2) is 89.6 Å². The molecule has 0 saturated carbocycles. The van der Waals surface area contributed by atoms with E-state index in [0.29, 0.717) is 6.42 Å². The van der Waals surface area contributed by atoms with Crippen molar-refractivity contribution in [1.29, 1.82) is 0 Å². The lowest BCUT2D eigenvalue weighted by molar-refractivity contribution is -0.926. The molecule has 1 N–H and O–H groups in total. The van der Waals surface area contributed by atoms with Gasteiger partial charge < -0.3 is 24.4 Å². The van der Waals surface area contributed by atoms with Crippen LogP contribution in [0.15, 0.2) is 24.3 Å². The molecule has 0 bridgehead atoms. The Morgan fingerprint density at radius 3 is 2.52 bits per heavy atom. The van der Waals surface area contributed by atoms with Gasteiger partial charge in [-0.3, -0.25) is 9.69 Å². The molecule has 3 saturated heterocycles. The van der Waals surface area contributed by atoms with Gasteiger partial charge in [-0.2, -0.15) is 0 Å². The van der Waals surface area contributed by atoms with E-state index in [-0.39, 0.29) is 29.1 Å². The first-order valence-corrected chi connectivity index (χ1v) is 11.2. The van der Waals surface area contributed by atoms with Gasteiger partial charge in [0.15, 0.2) is 0 Å². The predicted molar refractivity (Wildman–Crippen MR) is 109 cm³/mol. The second-order valence-corrected chi connectivity index (χ2v) is 10.1. The fourth-order valence-electron chi connectivity index (χ4n) is 4.74. The Balaban J connectivity index is 1.48. The number of thioether (sulfide) groups is 1. The summed E-state index contributed by atoms with van der Waals surface area (Å²) in [6.45, 7) is 5.33. The summed E-state index contributed by atoms with van der Waals surface area (Å²) in [4.78, 5) is 28.0. The third kappa shape index (κ3) is 3.79. The third-order valence-corrected chi connectivity index (χ3v) is 8.32. The highest BCUT2D eigenvalue weighted by atomic mass is 32.2. The Morgan fingerprint density at radius 2 is 1.93 bits per heavy atom. The monoisotopic (exact) mass is 419 g/mol. The Morgan fingerprint density at radius 1 is 1.28 bits per heavy atom. The minimum Gasteiger partial charge on any atom is -0.548 e. The molecule has 4 atom stereocenters. The number of likely N-dealkylation sites (N-methyl/N-ethyl adjacent to an activating group) is 2. The number of β-lactam (4-membered cyclic amide) rings is 1. The molecule has 3 heterocycles. The van der Waals surface area contributed by atoms with Crippen LogP contribution in [0, 0.1) is 5.92 Å². The molecule has 2 unspecified atom stereocenters. The number of fused-ring (bicyclic) bond motifs is 1. The second kappa shape index (κ2) is 7.91. The van der Waals surface area contributed by atoms with Crippen molar-refractivity contribution in [3.05, 3.63) is 35.4 Å². The average molecular weight is 420 g/mol. The van der Waals surface area contributed by atoms with Crippen molar-refractivity contribution in [2.24, 2.45) is 5.92 Å².